The molecule has 1 atom stereocenters. The number of carboxylic acid groups (broad SMARTS) is 2. The summed E-state index contributed by atoms with van der Waals surface area (Å²) in [5, 5.41) is 31.9. The van der Waals surface area contributed by atoms with E-state index in [2.05, 4.69) is 12.2 Å². The summed E-state index contributed by atoms with van der Waals surface area (Å²) in [5.74, 6) is -2.01. The van der Waals surface area contributed by atoms with E-state index < -0.39 is 11.9 Å². The van der Waals surface area contributed by atoms with Gasteiger partial charge in [0.2, 0.25) is 5.91 Å². The molecule has 0 aliphatic heterocycles. The molecule has 158 valence electrons. The Kier molecular flexibility index (Phi) is 19.4. The van der Waals surface area contributed by atoms with Crippen molar-refractivity contribution in [3.8, 4) is 0 Å². The number of hydrogen-bond acceptors (Lipinski definition) is 5. The molecule has 0 saturated heterocycles. The number of aliphatic hydroxyl groups excluding tert-OH is 1. The van der Waals surface area contributed by atoms with Crippen LogP contribution in [0, 0.1) is 0 Å². The van der Waals surface area contributed by atoms with Crippen molar-refractivity contribution < 1.29 is 63.7 Å². The van der Waals surface area contributed by atoms with Gasteiger partial charge in [-0.2, -0.15) is 0 Å². The van der Waals surface area contributed by atoms with E-state index in [9.17, 15) is 24.6 Å². The van der Waals surface area contributed by atoms with Gasteiger partial charge in [0.1, 0.15) is 6.54 Å². The van der Waals surface area contributed by atoms with Crippen molar-refractivity contribution in [1.82, 2.24) is 5.32 Å². The molecule has 8 nitrogen and oxygen atoms in total. The van der Waals surface area contributed by atoms with Crippen molar-refractivity contribution in [2.45, 2.75) is 64.7 Å². The first-order valence-electron chi connectivity index (χ1n) is 9.99. The number of aliphatic carboxylic acids is 2. The van der Waals surface area contributed by atoms with Gasteiger partial charge >= 0.3 is 35.5 Å². The number of amides is 1. The van der Waals surface area contributed by atoms with E-state index in [0.29, 0.717) is 56.5 Å². The van der Waals surface area contributed by atoms with E-state index in [1.165, 1.54) is 0 Å². The molecule has 0 aliphatic rings. The molecular weight excluding hydrogens is 375 g/mol. The summed E-state index contributed by atoms with van der Waals surface area (Å²) in [6, 6.07) is 0. The third-order valence-corrected chi connectivity index (χ3v) is 4.78. The van der Waals surface area contributed by atoms with Crippen LogP contribution in [0.15, 0.2) is 0 Å². The zero-order chi connectivity index (χ0) is 20.5. The van der Waals surface area contributed by atoms with Crippen molar-refractivity contribution >= 4 is 17.8 Å². The number of carbonyl (C=O) groups is 3. The van der Waals surface area contributed by atoms with E-state index in [-0.39, 0.29) is 54.9 Å². The van der Waals surface area contributed by atoms with Crippen molar-refractivity contribution in [2.75, 3.05) is 39.3 Å². The van der Waals surface area contributed by atoms with Crippen LogP contribution >= 0.6 is 0 Å². The molecule has 1 unspecified atom stereocenters. The average molecular weight is 411 g/mol. The Morgan fingerprint density at radius 3 is 2.07 bits per heavy atom. The number of hydrogen-bond donors (Lipinski definition) is 3. The molecule has 3 N–H and O–H groups in total. The average Bonchev–Trinajstić information content (AvgIpc) is 2.58. The second-order valence-corrected chi connectivity index (χ2v) is 7.09. The van der Waals surface area contributed by atoms with Gasteiger partial charge in [0.25, 0.3) is 0 Å². The van der Waals surface area contributed by atoms with Gasteiger partial charge in [-0.3, -0.25) is 9.59 Å². The zero-order valence-corrected chi connectivity index (χ0v) is 19.6. The maximum Gasteiger partial charge on any atom is 1.00 e. The number of quaternary nitrogens is 1. The fourth-order valence-corrected chi connectivity index (χ4v) is 3.24. The minimum Gasteiger partial charge on any atom is -0.550 e. The molecule has 0 heterocycles. The normalized spacial score (nSPS) is 12.6. The molecule has 0 saturated carbocycles. The molecule has 28 heavy (non-hydrogen) atoms. The number of rotatable bonds is 18. The number of aliphatic hydroxyl groups is 1. The van der Waals surface area contributed by atoms with Crippen LogP contribution in [-0.2, 0) is 14.4 Å². The van der Waals surface area contributed by atoms with Crippen molar-refractivity contribution in [3.05, 3.63) is 0 Å². The van der Waals surface area contributed by atoms with E-state index in [4.69, 9.17) is 5.11 Å². The fourth-order valence-electron chi connectivity index (χ4n) is 3.24. The first kappa shape index (κ1) is 29.5. The Bertz CT molecular complexity index is 428. The molecule has 0 bridgehead atoms. The third-order valence-electron chi connectivity index (χ3n) is 4.78. The number of unbranched alkanes of at least 4 members (excludes halogenated alkanes) is 3. The first-order chi connectivity index (χ1) is 12.8. The molecular formula is C19H36N2NaO6+. The molecule has 0 aliphatic carbocycles. The summed E-state index contributed by atoms with van der Waals surface area (Å²) in [6.45, 7) is 4.41. The fraction of sp³-hybridized carbons (Fsp3) is 0.842. The monoisotopic (exact) mass is 411 g/mol. The minimum absolute atomic E-state index is 0. The standard InChI is InChI=1S/C19H36N2O6.Na/c1-2-3-4-5-8-17(23)20-11-14-21(15-16-22,12-6-9-18(24)25)13-7-10-19(26)27;/h22H,2-16H2,1H3,(H2-,20,23,24,25,26,27);/q;+1. The van der Waals surface area contributed by atoms with Crippen LogP contribution in [-0.4, -0.2) is 71.9 Å². The second-order valence-electron chi connectivity index (χ2n) is 7.09. The first-order valence-corrected chi connectivity index (χ1v) is 9.99. The van der Waals surface area contributed by atoms with Crippen molar-refractivity contribution in [3.63, 3.8) is 0 Å². The zero-order valence-electron chi connectivity index (χ0n) is 17.6. The van der Waals surface area contributed by atoms with Gasteiger partial charge in [0.05, 0.1) is 39.2 Å². The predicted molar refractivity (Wildman–Crippen MR) is 99.7 cm³/mol. The van der Waals surface area contributed by atoms with Gasteiger partial charge < -0.3 is 29.9 Å². The quantitative estimate of drug-likeness (QED) is 0.128. The molecule has 0 aromatic carbocycles. The third kappa shape index (κ3) is 16.3. The summed E-state index contributed by atoms with van der Waals surface area (Å²) in [7, 11) is 0. The predicted octanol–water partition coefficient (Wildman–Crippen LogP) is -2.72. The van der Waals surface area contributed by atoms with Gasteiger partial charge in [-0.05, 0) is 12.8 Å². The summed E-state index contributed by atoms with van der Waals surface area (Å²) in [4.78, 5) is 33.4. The van der Waals surface area contributed by atoms with Gasteiger partial charge in [-0.15, -0.1) is 0 Å². The summed E-state index contributed by atoms with van der Waals surface area (Å²) >= 11 is 0. The van der Waals surface area contributed by atoms with E-state index in [0.717, 1.165) is 25.7 Å². The Morgan fingerprint density at radius 2 is 1.54 bits per heavy atom. The SMILES string of the molecule is CCCCCCC(=O)NCC[N+](CCO)(CCCC(=O)[O-])CCCC(=O)O.[Na+]. The van der Waals surface area contributed by atoms with Gasteiger partial charge in [0, 0.05) is 25.2 Å². The number of carboxylic acids is 2. The van der Waals surface area contributed by atoms with E-state index in [1.807, 2.05) is 0 Å². The van der Waals surface area contributed by atoms with Crippen LogP contribution in [0.4, 0.5) is 0 Å². The Hall–Kier alpha value is -0.670. The van der Waals surface area contributed by atoms with E-state index >= 15 is 0 Å². The van der Waals surface area contributed by atoms with Gasteiger partial charge in [-0.1, -0.05) is 26.2 Å². The van der Waals surface area contributed by atoms with Crippen LogP contribution in [0.5, 0.6) is 0 Å². The van der Waals surface area contributed by atoms with Crippen LogP contribution in [0.3, 0.4) is 0 Å². The molecule has 1 amide bonds. The minimum atomic E-state index is -1.12. The Balaban J connectivity index is 0. The van der Waals surface area contributed by atoms with Crippen molar-refractivity contribution in [2.24, 2.45) is 0 Å². The topological polar surface area (TPSA) is 127 Å². The van der Waals surface area contributed by atoms with Crippen molar-refractivity contribution in [1.29, 1.82) is 0 Å². The molecule has 9 heteroatoms. The Morgan fingerprint density at radius 1 is 0.893 bits per heavy atom. The van der Waals surface area contributed by atoms with Gasteiger partial charge in [-0.25, -0.2) is 0 Å². The van der Waals surface area contributed by atoms with E-state index in [1.54, 1.807) is 0 Å². The molecule has 0 aromatic heterocycles. The second kappa shape index (κ2) is 18.4. The molecule has 0 fully saturated rings. The summed E-state index contributed by atoms with van der Waals surface area (Å²) < 4.78 is 0.396. The number of nitrogens with zero attached hydrogens (tertiary/aromatic N) is 1. The molecule has 0 aromatic rings. The van der Waals surface area contributed by atoms with Gasteiger partial charge in [0.15, 0.2) is 0 Å². The smallest absolute Gasteiger partial charge is 0.550 e. The molecule has 0 spiro atoms. The molecule has 0 rings (SSSR count). The maximum absolute atomic E-state index is 11.9. The number of nitrogens with one attached hydrogen (secondary N) is 1. The van der Waals surface area contributed by atoms with Crippen LogP contribution < -0.4 is 40.0 Å². The van der Waals surface area contributed by atoms with Crippen LogP contribution in [0.1, 0.15) is 64.7 Å². The molecule has 0 radical (unpaired) electrons. The van der Waals surface area contributed by atoms with Crippen LogP contribution in [0.2, 0.25) is 0 Å². The summed E-state index contributed by atoms with van der Waals surface area (Å²) in [5.41, 5.74) is 0. The number of carbonyl (C=O) groups excluding carboxylic acids is 2. The van der Waals surface area contributed by atoms with Crippen LogP contribution in [0.25, 0.3) is 0 Å². The Labute approximate surface area is 190 Å². The largest absolute Gasteiger partial charge is 1.00 e. The summed E-state index contributed by atoms with van der Waals surface area (Å²) in [6.07, 6.45) is 5.39. The maximum atomic E-state index is 11.9.